The lowest BCUT2D eigenvalue weighted by Crippen LogP contribution is -2.24. The number of pyridine rings is 1. The summed E-state index contributed by atoms with van der Waals surface area (Å²) < 4.78 is 11.3. The zero-order valence-corrected chi connectivity index (χ0v) is 16.7. The fourth-order valence-electron chi connectivity index (χ4n) is 3.88. The van der Waals surface area contributed by atoms with E-state index in [9.17, 15) is 9.59 Å². The van der Waals surface area contributed by atoms with Crippen molar-refractivity contribution in [2.45, 2.75) is 38.4 Å². The highest BCUT2D eigenvalue weighted by molar-refractivity contribution is 5.95. The second-order valence-corrected chi connectivity index (χ2v) is 7.78. The topological polar surface area (TPSA) is 94.8 Å². The van der Waals surface area contributed by atoms with E-state index in [4.69, 9.17) is 15.2 Å². The quantitative estimate of drug-likeness (QED) is 0.844. The Hall–Kier alpha value is -2.93. The first-order chi connectivity index (χ1) is 13.9. The Balaban J connectivity index is 0.000000145. The van der Waals surface area contributed by atoms with Crippen LogP contribution in [-0.2, 0) is 21.7 Å². The average Bonchev–Trinajstić information content (AvgIpc) is 3.54. The third-order valence-corrected chi connectivity index (χ3v) is 5.83. The van der Waals surface area contributed by atoms with Crippen molar-refractivity contribution in [1.29, 1.82) is 0 Å². The molecular weight excluding hydrogens is 370 g/mol. The van der Waals surface area contributed by atoms with Gasteiger partial charge in [-0.25, -0.2) is 0 Å². The Morgan fingerprint density at radius 2 is 2.07 bits per heavy atom. The molecule has 0 bridgehead atoms. The Labute approximate surface area is 169 Å². The van der Waals surface area contributed by atoms with E-state index in [0.29, 0.717) is 31.2 Å². The molecule has 7 heteroatoms. The van der Waals surface area contributed by atoms with Crippen LogP contribution in [0.2, 0.25) is 0 Å². The van der Waals surface area contributed by atoms with Gasteiger partial charge in [0.15, 0.2) is 0 Å². The number of aromatic nitrogens is 1. The van der Waals surface area contributed by atoms with E-state index >= 15 is 0 Å². The highest BCUT2D eigenvalue weighted by atomic mass is 16.5. The fourth-order valence-corrected chi connectivity index (χ4v) is 3.88. The molecule has 1 aromatic carbocycles. The van der Waals surface area contributed by atoms with Crippen LogP contribution in [0.25, 0.3) is 0 Å². The Bertz CT molecular complexity index is 957. The van der Waals surface area contributed by atoms with Crippen LogP contribution >= 0.6 is 0 Å². The predicted molar refractivity (Wildman–Crippen MR) is 108 cm³/mol. The third kappa shape index (κ3) is 3.70. The fraction of sp³-hybridized carbons (Fsp3) is 0.409. The van der Waals surface area contributed by atoms with Crippen LogP contribution in [0.5, 0.6) is 5.75 Å². The molecule has 1 fully saturated rings. The smallest absolute Gasteiger partial charge is 0.267 e. The van der Waals surface area contributed by atoms with Gasteiger partial charge in [0.05, 0.1) is 30.9 Å². The minimum absolute atomic E-state index is 0.102. The van der Waals surface area contributed by atoms with Gasteiger partial charge in [-0.2, -0.15) is 0 Å². The maximum atomic E-state index is 11.4. The minimum atomic E-state index is -0.479. The van der Waals surface area contributed by atoms with Crippen molar-refractivity contribution >= 4 is 17.5 Å². The number of ether oxygens (including phenoxy) is 2. The van der Waals surface area contributed by atoms with Gasteiger partial charge in [0.2, 0.25) is 5.91 Å². The Kier molecular flexibility index (Phi) is 5.00. The lowest BCUT2D eigenvalue weighted by atomic mass is 9.90. The third-order valence-electron chi connectivity index (χ3n) is 5.83. The number of nitrogens with zero attached hydrogens (tertiary/aromatic N) is 2. The van der Waals surface area contributed by atoms with Crippen molar-refractivity contribution in [2.75, 3.05) is 18.6 Å². The first-order valence-electron chi connectivity index (χ1n) is 9.81. The summed E-state index contributed by atoms with van der Waals surface area (Å²) in [4.78, 5) is 28.2. The molecule has 1 atom stereocenters. The van der Waals surface area contributed by atoms with Crippen molar-refractivity contribution in [2.24, 2.45) is 11.7 Å². The molecule has 1 aromatic heterocycles. The van der Waals surface area contributed by atoms with E-state index in [1.54, 1.807) is 24.2 Å². The van der Waals surface area contributed by atoms with Crippen molar-refractivity contribution in [3.05, 3.63) is 53.3 Å². The molecule has 0 radical (unpaired) electrons. The molecule has 3 aliphatic rings. The molecule has 2 N–H and O–H groups in total. The van der Waals surface area contributed by atoms with E-state index in [2.05, 4.69) is 11.9 Å². The van der Waals surface area contributed by atoms with Crippen molar-refractivity contribution in [3.8, 4) is 5.75 Å². The summed E-state index contributed by atoms with van der Waals surface area (Å²) in [5.41, 5.74) is 8.37. The first-order valence-corrected chi connectivity index (χ1v) is 9.81. The van der Waals surface area contributed by atoms with E-state index in [1.165, 1.54) is 12.8 Å². The van der Waals surface area contributed by atoms with Crippen LogP contribution < -0.4 is 15.4 Å². The van der Waals surface area contributed by atoms with Gasteiger partial charge in [-0.3, -0.25) is 14.6 Å². The Morgan fingerprint density at radius 3 is 2.79 bits per heavy atom. The average molecular weight is 395 g/mol. The number of carbonyl (C=O) groups is 2. The molecule has 1 saturated carbocycles. The molecule has 7 nitrogen and oxygen atoms in total. The molecule has 2 aromatic rings. The van der Waals surface area contributed by atoms with Gasteiger partial charge < -0.3 is 20.1 Å². The zero-order valence-electron chi connectivity index (χ0n) is 16.7. The minimum Gasteiger partial charge on any atom is -0.491 e. The van der Waals surface area contributed by atoms with Crippen LogP contribution in [0.3, 0.4) is 0 Å². The van der Waals surface area contributed by atoms with Gasteiger partial charge in [-0.1, -0.05) is 12.1 Å². The maximum absolute atomic E-state index is 11.4. The number of hydrogen-bond acceptors (Lipinski definition) is 5. The summed E-state index contributed by atoms with van der Waals surface area (Å²) in [6.07, 6.45) is 4.56. The van der Waals surface area contributed by atoms with E-state index in [1.807, 2.05) is 24.3 Å². The van der Waals surface area contributed by atoms with Gasteiger partial charge in [0.1, 0.15) is 11.4 Å². The number of rotatable bonds is 2. The van der Waals surface area contributed by atoms with Crippen LogP contribution in [0.4, 0.5) is 5.69 Å². The van der Waals surface area contributed by atoms with Gasteiger partial charge in [0, 0.05) is 18.8 Å². The summed E-state index contributed by atoms with van der Waals surface area (Å²) in [5, 5.41) is 0. The van der Waals surface area contributed by atoms with E-state index < -0.39 is 5.91 Å². The number of benzene rings is 1. The molecule has 0 spiro atoms. The second kappa shape index (κ2) is 7.48. The van der Waals surface area contributed by atoms with Crippen LogP contribution in [0, 0.1) is 5.92 Å². The van der Waals surface area contributed by atoms with Crippen molar-refractivity contribution < 1.29 is 19.1 Å². The summed E-state index contributed by atoms with van der Waals surface area (Å²) in [7, 11) is 1.77. The number of anilines is 1. The molecule has 2 aliphatic heterocycles. The monoisotopic (exact) mass is 395 g/mol. The lowest BCUT2D eigenvalue weighted by molar-refractivity contribution is -0.118. The van der Waals surface area contributed by atoms with Gasteiger partial charge >= 0.3 is 0 Å². The summed E-state index contributed by atoms with van der Waals surface area (Å²) in [6.45, 7) is 3.16. The van der Waals surface area contributed by atoms with E-state index in [0.717, 1.165) is 22.6 Å². The summed E-state index contributed by atoms with van der Waals surface area (Å²) in [6, 6.07) is 9.37. The molecule has 152 valence electrons. The maximum Gasteiger partial charge on any atom is 0.267 e. The van der Waals surface area contributed by atoms with Gasteiger partial charge in [0.25, 0.3) is 5.91 Å². The second-order valence-electron chi connectivity index (χ2n) is 7.78. The molecule has 5 rings (SSSR count). The number of para-hydroxylation sites is 2. The molecule has 3 heterocycles. The zero-order chi connectivity index (χ0) is 20.6. The SMILES string of the molecule is CC1(C2CC2)OCc2cnc(C(N)=O)cc21.CN1C(=O)CCOc2ccccc21. The van der Waals surface area contributed by atoms with Crippen LogP contribution in [-0.4, -0.2) is 30.5 Å². The number of hydrogen-bond donors (Lipinski definition) is 1. The number of nitrogens with two attached hydrogens (primary N) is 1. The highest BCUT2D eigenvalue weighted by Gasteiger charge is 2.48. The highest BCUT2D eigenvalue weighted by Crippen LogP contribution is 2.52. The Morgan fingerprint density at radius 1 is 1.31 bits per heavy atom. The number of amides is 2. The van der Waals surface area contributed by atoms with Crippen molar-refractivity contribution in [3.63, 3.8) is 0 Å². The standard InChI is InChI=1S/C12H14N2O2.C10H11NO2/c1-12(8-2-3-8)9-4-10(11(13)15)14-5-7(9)6-16-12;1-11-8-4-2-3-5-9(8)13-7-6-10(11)12/h4-5,8H,2-3,6H2,1H3,(H2,13,15);2-5H,6-7H2,1H3. The molecule has 2 amide bonds. The summed E-state index contributed by atoms with van der Waals surface area (Å²) in [5.74, 6) is 0.991. The first kappa shape index (κ1) is 19.4. The number of carbonyl (C=O) groups excluding carboxylic acids is 2. The normalized spacial score (nSPS) is 22.6. The molecule has 29 heavy (non-hydrogen) atoms. The predicted octanol–water partition coefficient (Wildman–Crippen LogP) is 2.77. The number of fused-ring (bicyclic) bond motifs is 2. The number of primary amides is 1. The van der Waals surface area contributed by atoms with Crippen molar-refractivity contribution in [1.82, 2.24) is 4.98 Å². The van der Waals surface area contributed by atoms with Gasteiger partial charge in [-0.15, -0.1) is 0 Å². The molecule has 0 saturated heterocycles. The van der Waals surface area contributed by atoms with Crippen LogP contribution in [0.1, 0.15) is 47.8 Å². The van der Waals surface area contributed by atoms with Crippen LogP contribution in [0.15, 0.2) is 36.5 Å². The van der Waals surface area contributed by atoms with Gasteiger partial charge in [-0.05, 0) is 49.4 Å². The molecule has 1 aliphatic carbocycles. The summed E-state index contributed by atoms with van der Waals surface area (Å²) >= 11 is 0. The lowest BCUT2D eigenvalue weighted by Gasteiger charge is -2.24. The molecule has 1 unspecified atom stereocenters. The van der Waals surface area contributed by atoms with E-state index in [-0.39, 0.29) is 11.5 Å². The molecular formula is C22H25N3O4. The largest absolute Gasteiger partial charge is 0.491 e.